The van der Waals surface area contributed by atoms with Gasteiger partial charge in [-0.25, -0.2) is 0 Å². The first-order valence-electron chi connectivity index (χ1n) is 5.28. The van der Waals surface area contributed by atoms with Gasteiger partial charge in [0.05, 0.1) is 19.1 Å². The third-order valence-corrected chi connectivity index (χ3v) is 4.03. The minimum atomic E-state index is -3.79. The third kappa shape index (κ3) is 2.34. The summed E-state index contributed by atoms with van der Waals surface area (Å²) in [5.41, 5.74) is 5.41. The van der Waals surface area contributed by atoms with E-state index in [0.717, 1.165) is 4.09 Å². The molecule has 1 aromatic heterocycles. The maximum atomic E-state index is 12.3. The van der Waals surface area contributed by atoms with Crippen LogP contribution >= 0.6 is 0 Å². The van der Waals surface area contributed by atoms with Crippen LogP contribution in [0, 0.1) is 0 Å². The van der Waals surface area contributed by atoms with E-state index in [0.29, 0.717) is 11.5 Å². The van der Waals surface area contributed by atoms with Gasteiger partial charge < -0.3 is 15.2 Å². The smallest absolute Gasteiger partial charge is 0.283 e. The number of hydrogen-bond acceptors (Lipinski definition) is 6. The molecule has 0 aliphatic rings. The molecule has 1 aromatic carbocycles. The van der Waals surface area contributed by atoms with Crippen LogP contribution in [0.15, 0.2) is 35.4 Å². The molecule has 0 saturated heterocycles. The van der Waals surface area contributed by atoms with Crippen LogP contribution in [0.4, 0.5) is 5.82 Å². The van der Waals surface area contributed by atoms with Crippen molar-refractivity contribution in [3.05, 3.63) is 30.5 Å². The number of ether oxygens (including phenoxy) is 2. The van der Waals surface area contributed by atoms with Gasteiger partial charge in [0, 0.05) is 18.3 Å². The summed E-state index contributed by atoms with van der Waals surface area (Å²) in [4.78, 5) is 0.0354. The van der Waals surface area contributed by atoms with E-state index in [4.69, 9.17) is 15.2 Å². The van der Waals surface area contributed by atoms with Crippen molar-refractivity contribution in [1.82, 2.24) is 9.19 Å². The zero-order valence-corrected chi connectivity index (χ0v) is 11.2. The molecule has 0 fully saturated rings. The van der Waals surface area contributed by atoms with Crippen LogP contribution in [0.3, 0.4) is 0 Å². The first-order valence-corrected chi connectivity index (χ1v) is 6.72. The lowest BCUT2D eigenvalue weighted by molar-refractivity contribution is 0.354. The Labute approximate surface area is 110 Å². The fourth-order valence-corrected chi connectivity index (χ4v) is 2.67. The van der Waals surface area contributed by atoms with Gasteiger partial charge >= 0.3 is 0 Å². The summed E-state index contributed by atoms with van der Waals surface area (Å²) >= 11 is 0. The molecule has 1 heterocycles. The number of benzene rings is 1. The second kappa shape index (κ2) is 4.81. The summed E-state index contributed by atoms with van der Waals surface area (Å²) in [6, 6.07) is 5.69. The average molecular weight is 283 g/mol. The summed E-state index contributed by atoms with van der Waals surface area (Å²) in [6.07, 6.45) is 1.28. The molecule has 2 aromatic rings. The van der Waals surface area contributed by atoms with E-state index < -0.39 is 10.0 Å². The fourth-order valence-electron chi connectivity index (χ4n) is 1.54. The molecule has 0 bridgehead atoms. The molecular weight excluding hydrogens is 270 g/mol. The Hall–Kier alpha value is -2.22. The predicted molar refractivity (Wildman–Crippen MR) is 68.8 cm³/mol. The van der Waals surface area contributed by atoms with Crippen LogP contribution in [-0.4, -0.2) is 31.8 Å². The van der Waals surface area contributed by atoms with Gasteiger partial charge in [0.2, 0.25) is 0 Å². The molecule has 7 nitrogen and oxygen atoms in total. The summed E-state index contributed by atoms with van der Waals surface area (Å²) < 4.78 is 35.5. The first-order chi connectivity index (χ1) is 8.98. The van der Waals surface area contributed by atoms with Crippen LogP contribution in [0.2, 0.25) is 0 Å². The van der Waals surface area contributed by atoms with Crippen molar-refractivity contribution >= 4 is 15.8 Å². The van der Waals surface area contributed by atoms with Crippen LogP contribution in [-0.2, 0) is 10.0 Å². The lowest BCUT2D eigenvalue weighted by Gasteiger charge is -2.10. The zero-order valence-electron chi connectivity index (χ0n) is 10.4. The van der Waals surface area contributed by atoms with E-state index >= 15 is 0 Å². The number of aromatic nitrogens is 2. The molecular formula is C11H13N3O4S. The molecule has 0 spiro atoms. The van der Waals surface area contributed by atoms with Crippen LogP contribution in [0.1, 0.15) is 0 Å². The predicted octanol–water partition coefficient (Wildman–Crippen LogP) is 0.719. The van der Waals surface area contributed by atoms with Gasteiger partial charge in [-0.3, -0.25) is 0 Å². The fraction of sp³-hybridized carbons (Fsp3) is 0.182. The van der Waals surface area contributed by atoms with Crippen molar-refractivity contribution in [2.24, 2.45) is 0 Å². The minimum Gasteiger partial charge on any atom is -0.493 e. The Morgan fingerprint density at radius 1 is 1.16 bits per heavy atom. The van der Waals surface area contributed by atoms with Crippen molar-refractivity contribution in [2.45, 2.75) is 4.90 Å². The highest BCUT2D eigenvalue weighted by atomic mass is 32.2. The molecule has 2 N–H and O–H groups in total. The minimum absolute atomic E-state index is 0.0354. The van der Waals surface area contributed by atoms with E-state index in [1.165, 1.54) is 44.7 Å². The molecule has 0 unspecified atom stereocenters. The van der Waals surface area contributed by atoms with Crippen molar-refractivity contribution in [2.75, 3.05) is 20.0 Å². The van der Waals surface area contributed by atoms with Crippen molar-refractivity contribution < 1.29 is 17.9 Å². The number of rotatable bonds is 4. The standard InChI is InChI=1S/C11H13N3O4S/c1-17-9-4-3-8(7-10(9)18-2)19(15,16)14-6-5-11(12)13-14/h3-7H,1-2H3,(H2,12,13). The topological polar surface area (TPSA) is 96.4 Å². The van der Waals surface area contributed by atoms with Gasteiger partial charge in [0.15, 0.2) is 11.5 Å². The molecule has 0 aliphatic heterocycles. The molecule has 0 atom stereocenters. The molecule has 102 valence electrons. The molecule has 19 heavy (non-hydrogen) atoms. The second-order valence-electron chi connectivity index (χ2n) is 3.63. The third-order valence-electron chi connectivity index (χ3n) is 2.49. The Bertz CT molecular complexity index is 694. The second-order valence-corrected chi connectivity index (χ2v) is 5.43. The number of hydrogen-bond donors (Lipinski definition) is 1. The monoisotopic (exact) mass is 283 g/mol. The van der Waals surface area contributed by atoms with Crippen molar-refractivity contribution in [1.29, 1.82) is 0 Å². The number of methoxy groups -OCH3 is 2. The molecule has 0 saturated carbocycles. The van der Waals surface area contributed by atoms with Gasteiger partial charge in [-0.05, 0) is 12.1 Å². The maximum Gasteiger partial charge on any atom is 0.283 e. The molecule has 2 rings (SSSR count). The molecule has 0 amide bonds. The van der Waals surface area contributed by atoms with E-state index in [1.54, 1.807) is 0 Å². The van der Waals surface area contributed by atoms with E-state index in [1.807, 2.05) is 0 Å². The quantitative estimate of drug-likeness (QED) is 0.888. The Morgan fingerprint density at radius 2 is 1.84 bits per heavy atom. The van der Waals surface area contributed by atoms with Gasteiger partial charge in [-0.15, -0.1) is 5.10 Å². The zero-order chi connectivity index (χ0) is 14.0. The lowest BCUT2D eigenvalue weighted by atomic mass is 10.3. The molecule has 0 radical (unpaired) electrons. The Kier molecular flexibility index (Phi) is 3.34. The number of nitrogens with two attached hydrogens (primary N) is 1. The highest BCUT2D eigenvalue weighted by Gasteiger charge is 2.20. The van der Waals surface area contributed by atoms with Crippen LogP contribution < -0.4 is 15.2 Å². The average Bonchev–Trinajstić information content (AvgIpc) is 2.85. The largest absolute Gasteiger partial charge is 0.493 e. The Balaban J connectivity index is 2.52. The summed E-state index contributed by atoms with van der Waals surface area (Å²) in [7, 11) is -0.883. The van der Waals surface area contributed by atoms with Gasteiger partial charge in [-0.1, -0.05) is 0 Å². The summed E-state index contributed by atoms with van der Waals surface area (Å²) in [5, 5.41) is 3.69. The highest BCUT2D eigenvalue weighted by molar-refractivity contribution is 7.89. The van der Waals surface area contributed by atoms with Gasteiger partial charge in [-0.2, -0.15) is 12.5 Å². The first kappa shape index (κ1) is 13.2. The van der Waals surface area contributed by atoms with E-state index in [-0.39, 0.29) is 10.7 Å². The number of nitrogen functional groups attached to an aromatic ring is 1. The van der Waals surface area contributed by atoms with E-state index in [9.17, 15) is 8.42 Å². The van der Waals surface area contributed by atoms with Gasteiger partial charge in [0.25, 0.3) is 10.0 Å². The lowest BCUT2D eigenvalue weighted by Crippen LogP contribution is -2.14. The van der Waals surface area contributed by atoms with Crippen molar-refractivity contribution in [3.63, 3.8) is 0 Å². The Morgan fingerprint density at radius 3 is 2.37 bits per heavy atom. The van der Waals surface area contributed by atoms with Crippen molar-refractivity contribution in [3.8, 4) is 11.5 Å². The van der Waals surface area contributed by atoms with E-state index in [2.05, 4.69) is 5.10 Å². The maximum absolute atomic E-state index is 12.3. The molecule has 8 heteroatoms. The normalized spacial score (nSPS) is 11.3. The SMILES string of the molecule is COc1ccc(S(=O)(=O)n2ccc(N)n2)cc1OC. The number of anilines is 1. The molecule has 0 aliphatic carbocycles. The number of nitrogens with zero attached hydrogens (tertiary/aromatic N) is 2. The summed E-state index contributed by atoms with van der Waals surface area (Å²) in [6.45, 7) is 0. The highest BCUT2D eigenvalue weighted by Crippen LogP contribution is 2.30. The van der Waals surface area contributed by atoms with Crippen LogP contribution in [0.5, 0.6) is 11.5 Å². The summed E-state index contributed by atoms with van der Waals surface area (Å²) in [5.74, 6) is 0.897. The van der Waals surface area contributed by atoms with Crippen LogP contribution in [0.25, 0.3) is 0 Å². The van der Waals surface area contributed by atoms with Gasteiger partial charge in [0.1, 0.15) is 5.82 Å².